The molecule has 7 heteroatoms. The van der Waals surface area contributed by atoms with Crippen LogP contribution in [0.3, 0.4) is 0 Å². The number of ether oxygens (including phenoxy) is 3. The Labute approximate surface area is 194 Å². The van der Waals surface area contributed by atoms with E-state index in [1.807, 2.05) is 66.7 Å². The fraction of sp³-hybridized carbons (Fsp3) is 0.200. The summed E-state index contributed by atoms with van der Waals surface area (Å²) in [5, 5.41) is 0. The average Bonchev–Trinajstić information content (AvgIpc) is 3.16. The molecular formula is C25H22BrNO5. The first-order valence-electron chi connectivity index (χ1n) is 10.1. The molecule has 1 saturated heterocycles. The standard InChI is InChI=1S/C25H22BrNO5/c1-30-24(28)13-17-6-5-9-21(12-17)31-22-11-10-20(26)14-19(22)15-27-16-23(32-25(27)29)18-7-3-2-4-8-18/h2-12,14,23H,13,15-16H2,1H3. The molecule has 1 fully saturated rings. The van der Waals surface area contributed by atoms with Crippen LogP contribution >= 0.6 is 15.9 Å². The van der Waals surface area contributed by atoms with Crippen molar-refractivity contribution < 1.29 is 23.8 Å². The van der Waals surface area contributed by atoms with Gasteiger partial charge in [0, 0.05) is 10.0 Å². The van der Waals surface area contributed by atoms with Crippen LogP contribution in [0.1, 0.15) is 22.8 Å². The van der Waals surface area contributed by atoms with E-state index in [0.29, 0.717) is 24.6 Å². The van der Waals surface area contributed by atoms with Gasteiger partial charge in [-0.25, -0.2) is 4.79 Å². The van der Waals surface area contributed by atoms with E-state index in [4.69, 9.17) is 14.2 Å². The van der Waals surface area contributed by atoms with Gasteiger partial charge in [-0.1, -0.05) is 58.4 Å². The molecule has 0 bridgehead atoms. The highest BCUT2D eigenvalue weighted by Gasteiger charge is 2.32. The topological polar surface area (TPSA) is 65.1 Å². The number of esters is 1. The number of hydrogen-bond donors (Lipinski definition) is 0. The summed E-state index contributed by atoms with van der Waals surface area (Å²) >= 11 is 3.50. The molecule has 1 atom stereocenters. The molecule has 3 aromatic carbocycles. The molecule has 0 aliphatic carbocycles. The normalized spacial score (nSPS) is 15.4. The summed E-state index contributed by atoms with van der Waals surface area (Å²) < 4.78 is 17.3. The van der Waals surface area contributed by atoms with Crippen LogP contribution in [-0.2, 0) is 27.2 Å². The van der Waals surface area contributed by atoms with Crippen LogP contribution in [0, 0.1) is 0 Å². The van der Waals surface area contributed by atoms with E-state index in [9.17, 15) is 9.59 Å². The number of hydrogen-bond acceptors (Lipinski definition) is 5. The summed E-state index contributed by atoms with van der Waals surface area (Å²) in [6.45, 7) is 0.808. The number of amides is 1. The van der Waals surface area contributed by atoms with Crippen LogP contribution in [-0.4, -0.2) is 30.6 Å². The molecule has 0 aromatic heterocycles. The minimum atomic E-state index is -0.357. The zero-order valence-electron chi connectivity index (χ0n) is 17.5. The van der Waals surface area contributed by atoms with Gasteiger partial charge in [0.2, 0.25) is 0 Å². The second-order valence-corrected chi connectivity index (χ2v) is 8.33. The Balaban J connectivity index is 1.51. The van der Waals surface area contributed by atoms with Gasteiger partial charge in [0.1, 0.15) is 17.6 Å². The van der Waals surface area contributed by atoms with Gasteiger partial charge < -0.3 is 14.2 Å². The largest absolute Gasteiger partial charge is 0.469 e. The Kier molecular flexibility index (Phi) is 6.75. The molecule has 0 saturated carbocycles. The Morgan fingerprint density at radius 2 is 1.91 bits per heavy atom. The lowest BCUT2D eigenvalue weighted by Crippen LogP contribution is -2.24. The molecule has 1 unspecified atom stereocenters. The molecule has 1 aliphatic rings. The second kappa shape index (κ2) is 9.87. The number of benzene rings is 3. The number of carbonyl (C=O) groups excluding carboxylic acids is 2. The second-order valence-electron chi connectivity index (χ2n) is 7.42. The highest BCUT2D eigenvalue weighted by atomic mass is 79.9. The fourth-order valence-electron chi connectivity index (χ4n) is 3.54. The van der Waals surface area contributed by atoms with E-state index >= 15 is 0 Å². The Morgan fingerprint density at radius 1 is 1.09 bits per heavy atom. The van der Waals surface area contributed by atoms with Gasteiger partial charge in [0.25, 0.3) is 0 Å². The molecule has 32 heavy (non-hydrogen) atoms. The van der Waals surface area contributed by atoms with Gasteiger partial charge >= 0.3 is 12.1 Å². The minimum Gasteiger partial charge on any atom is -0.469 e. The van der Waals surface area contributed by atoms with Gasteiger partial charge in [-0.15, -0.1) is 0 Å². The van der Waals surface area contributed by atoms with E-state index < -0.39 is 0 Å². The maximum Gasteiger partial charge on any atom is 0.410 e. The van der Waals surface area contributed by atoms with Gasteiger partial charge in [-0.3, -0.25) is 9.69 Å². The summed E-state index contributed by atoms with van der Waals surface area (Å²) in [7, 11) is 1.36. The minimum absolute atomic E-state index is 0.168. The molecule has 1 aliphatic heterocycles. The predicted molar refractivity (Wildman–Crippen MR) is 122 cm³/mol. The molecule has 0 spiro atoms. The van der Waals surface area contributed by atoms with Crippen molar-refractivity contribution in [2.24, 2.45) is 0 Å². The number of rotatable bonds is 7. The molecule has 0 radical (unpaired) electrons. The van der Waals surface area contributed by atoms with Gasteiger partial charge in [-0.05, 0) is 41.5 Å². The van der Waals surface area contributed by atoms with Crippen molar-refractivity contribution in [2.75, 3.05) is 13.7 Å². The van der Waals surface area contributed by atoms with E-state index in [-0.39, 0.29) is 24.6 Å². The molecule has 6 nitrogen and oxygen atoms in total. The first-order valence-corrected chi connectivity index (χ1v) is 10.9. The van der Waals surface area contributed by atoms with Crippen molar-refractivity contribution in [3.63, 3.8) is 0 Å². The van der Waals surface area contributed by atoms with Gasteiger partial charge in [0.15, 0.2) is 0 Å². The molecule has 4 rings (SSSR count). The summed E-state index contributed by atoms with van der Waals surface area (Å²) in [5.74, 6) is 0.910. The first kappa shape index (κ1) is 21.9. The number of methoxy groups -OCH3 is 1. The highest BCUT2D eigenvalue weighted by molar-refractivity contribution is 9.10. The lowest BCUT2D eigenvalue weighted by Gasteiger charge is -2.17. The van der Waals surface area contributed by atoms with Crippen LogP contribution in [0.4, 0.5) is 4.79 Å². The number of cyclic esters (lactones) is 1. The third-order valence-corrected chi connectivity index (χ3v) is 5.64. The van der Waals surface area contributed by atoms with Crippen molar-refractivity contribution in [1.82, 2.24) is 4.90 Å². The van der Waals surface area contributed by atoms with Gasteiger partial charge in [-0.2, -0.15) is 0 Å². The first-order chi connectivity index (χ1) is 15.5. The van der Waals surface area contributed by atoms with E-state index in [1.165, 1.54) is 7.11 Å². The quantitative estimate of drug-likeness (QED) is 0.396. The molecule has 0 N–H and O–H groups in total. The molecule has 3 aromatic rings. The van der Waals surface area contributed by atoms with Crippen LogP contribution in [0.25, 0.3) is 0 Å². The molecule has 1 heterocycles. The Morgan fingerprint density at radius 3 is 2.69 bits per heavy atom. The van der Waals surface area contributed by atoms with Crippen molar-refractivity contribution in [3.8, 4) is 11.5 Å². The van der Waals surface area contributed by atoms with Crippen molar-refractivity contribution >= 4 is 28.0 Å². The van der Waals surface area contributed by atoms with Crippen LogP contribution in [0.2, 0.25) is 0 Å². The average molecular weight is 496 g/mol. The molecule has 1 amide bonds. The van der Waals surface area contributed by atoms with Crippen LogP contribution in [0.15, 0.2) is 77.3 Å². The third kappa shape index (κ3) is 5.29. The van der Waals surface area contributed by atoms with E-state index in [2.05, 4.69) is 15.9 Å². The molecular weight excluding hydrogens is 474 g/mol. The third-order valence-electron chi connectivity index (χ3n) is 5.14. The van der Waals surface area contributed by atoms with E-state index in [1.54, 1.807) is 11.0 Å². The maximum atomic E-state index is 12.5. The van der Waals surface area contributed by atoms with Crippen LogP contribution < -0.4 is 4.74 Å². The number of halogens is 1. The molecule has 164 valence electrons. The lowest BCUT2D eigenvalue weighted by atomic mass is 10.1. The smallest absolute Gasteiger partial charge is 0.410 e. The maximum absolute atomic E-state index is 12.5. The summed E-state index contributed by atoms with van der Waals surface area (Å²) in [6.07, 6.45) is -0.485. The number of carbonyl (C=O) groups is 2. The SMILES string of the molecule is COC(=O)Cc1cccc(Oc2ccc(Br)cc2CN2CC(c3ccccc3)OC2=O)c1. The van der Waals surface area contributed by atoms with Gasteiger partial charge in [0.05, 0.1) is 26.6 Å². The Hall–Kier alpha value is -3.32. The van der Waals surface area contributed by atoms with Crippen molar-refractivity contribution in [3.05, 3.63) is 94.0 Å². The van der Waals surface area contributed by atoms with Crippen molar-refractivity contribution in [1.29, 1.82) is 0 Å². The van der Waals surface area contributed by atoms with E-state index in [0.717, 1.165) is 21.2 Å². The Bertz CT molecular complexity index is 1120. The number of nitrogens with zero attached hydrogens (tertiary/aromatic N) is 1. The monoisotopic (exact) mass is 495 g/mol. The lowest BCUT2D eigenvalue weighted by molar-refractivity contribution is -0.139. The highest BCUT2D eigenvalue weighted by Crippen LogP contribution is 2.33. The summed E-state index contributed by atoms with van der Waals surface area (Å²) in [5.41, 5.74) is 2.60. The fourth-order valence-corrected chi connectivity index (χ4v) is 3.95. The van der Waals surface area contributed by atoms with Crippen LogP contribution in [0.5, 0.6) is 11.5 Å². The zero-order valence-corrected chi connectivity index (χ0v) is 19.1. The summed E-state index contributed by atoms with van der Waals surface area (Å²) in [6, 6.07) is 22.7. The zero-order chi connectivity index (χ0) is 22.5. The van der Waals surface area contributed by atoms with Crippen molar-refractivity contribution in [2.45, 2.75) is 19.1 Å². The summed E-state index contributed by atoms with van der Waals surface area (Å²) in [4.78, 5) is 25.7. The predicted octanol–water partition coefficient (Wildman–Crippen LogP) is 5.65.